The minimum Gasteiger partial charge on any atom is -0.496 e. The summed E-state index contributed by atoms with van der Waals surface area (Å²) in [6.45, 7) is 2.24. The SMILES string of the molecule is COc1cccc(Cl)c1CC1CCCNC1. The van der Waals surface area contributed by atoms with Gasteiger partial charge in [-0.1, -0.05) is 17.7 Å². The first-order chi connectivity index (χ1) is 7.81. The van der Waals surface area contributed by atoms with E-state index in [2.05, 4.69) is 5.32 Å². The molecule has 2 nitrogen and oxygen atoms in total. The zero-order valence-electron chi connectivity index (χ0n) is 9.63. The Bertz CT molecular complexity index is 348. The minimum absolute atomic E-state index is 0.683. The van der Waals surface area contributed by atoms with Gasteiger partial charge in [0.05, 0.1) is 7.11 Å². The monoisotopic (exact) mass is 239 g/mol. The third kappa shape index (κ3) is 2.69. The van der Waals surface area contributed by atoms with Gasteiger partial charge < -0.3 is 10.1 Å². The van der Waals surface area contributed by atoms with Crippen LogP contribution in [-0.2, 0) is 6.42 Å². The van der Waals surface area contributed by atoms with Gasteiger partial charge >= 0.3 is 0 Å². The molecule has 0 aromatic heterocycles. The Morgan fingerprint density at radius 2 is 2.38 bits per heavy atom. The highest BCUT2D eigenvalue weighted by atomic mass is 35.5. The molecule has 0 saturated carbocycles. The van der Waals surface area contributed by atoms with Gasteiger partial charge in [-0.2, -0.15) is 0 Å². The Labute approximate surface area is 102 Å². The van der Waals surface area contributed by atoms with Gasteiger partial charge in [-0.15, -0.1) is 0 Å². The van der Waals surface area contributed by atoms with E-state index in [0.29, 0.717) is 5.92 Å². The summed E-state index contributed by atoms with van der Waals surface area (Å²) in [5.41, 5.74) is 1.15. The molecule has 0 spiro atoms. The average Bonchev–Trinajstić information content (AvgIpc) is 2.33. The number of methoxy groups -OCH3 is 1. The van der Waals surface area contributed by atoms with Crippen molar-refractivity contribution in [1.29, 1.82) is 0 Å². The maximum Gasteiger partial charge on any atom is 0.123 e. The summed E-state index contributed by atoms with van der Waals surface area (Å²) < 4.78 is 5.36. The number of rotatable bonds is 3. The van der Waals surface area contributed by atoms with E-state index in [1.165, 1.54) is 12.8 Å². The summed E-state index contributed by atoms with van der Waals surface area (Å²) in [6.07, 6.45) is 3.55. The molecule has 88 valence electrons. The molecule has 1 N–H and O–H groups in total. The van der Waals surface area contributed by atoms with Crippen molar-refractivity contribution in [2.24, 2.45) is 5.92 Å². The van der Waals surface area contributed by atoms with Gasteiger partial charge in [0.1, 0.15) is 5.75 Å². The van der Waals surface area contributed by atoms with Crippen molar-refractivity contribution in [1.82, 2.24) is 5.32 Å². The molecule has 1 heterocycles. The van der Waals surface area contributed by atoms with E-state index in [-0.39, 0.29) is 0 Å². The van der Waals surface area contributed by atoms with Gasteiger partial charge in [0, 0.05) is 10.6 Å². The first-order valence-electron chi connectivity index (χ1n) is 5.83. The van der Waals surface area contributed by atoms with E-state index in [4.69, 9.17) is 16.3 Å². The van der Waals surface area contributed by atoms with Gasteiger partial charge in [0.25, 0.3) is 0 Å². The molecule has 1 fully saturated rings. The summed E-state index contributed by atoms with van der Waals surface area (Å²) in [6, 6.07) is 5.86. The maximum absolute atomic E-state index is 6.23. The first kappa shape index (κ1) is 11.7. The molecule has 0 radical (unpaired) electrons. The van der Waals surface area contributed by atoms with E-state index in [1.54, 1.807) is 7.11 Å². The fourth-order valence-electron chi connectivity index (χ4n) is 2.32. The van der Waals surface area contributed by atoms with Crippen LogP contribution in [0.3, 0.4) is 0 Å². The summed E-state index contributed by atoms with van der Waals surface area (Å²) in [5, 5.41) is 4.25. The molecule has 0 amide bonds. The smallest absolute Gasteiger partial charge is 0.123 e. The molecule has 1 unspecified atom stereocenters. The van der Waals surface area contributed by atoms with Crippen LogP contribution < -0.4 is 10.1 Å². The van der Waals surface area contributed by atoms with Gasteiger partial charge in [-0.25, -0.2) is 0 Å². The van der Waals surface area contributed by atoms with E-state index in [1.807, 2.05) is 18.2 Å². The lowest BCUT2D eigenvalue weighted by molar-refractivity contribution is 0.364. The van der Waals surface area contributed by atoms with Crippen LogP contribution in [0.5, 0.6) is 5.75 Å². The number of hydrogen-bond acceptors (Lipinski definition) is 2. The van der Waals surface area contributed by atoms with Crippen molar-refractivity contribution in [3.63, 3.8) is 0 Å². The number of nitrogens with one attached hydrogen (secondary N) is 1. The zero-order valence-corrected chi connectivity index (χ0v) is 10.4. The largest absolute Gasteiger partial charge is 0.496 e. The Morgan fingerprint density at radius 1 is 1.50 bits per heavy atom. The average molecular weight is 240 g/mol. The van der Waals surface area contributed by atoms with Crippen LogP contribution in [-0.4, -0.2) is 20.2 Å². The fraction of sp³-hybridized carbons (Fsp3) is 0.538. The highest BCUT2D eigenvalue weighted by Gasteiger charge is 2.17. The second-order valence-electron chi connectivity index (χ2n) is 4.34. The van der Waals surface area contributed by atoms with Gasteiger partial charge in [-0.3, -0.25) is 0 Å². The van der Waals surface area contributed by atoms with Crippen LogP contribution in [0.2, 0.25) is 5.02 Å². The molecule has 2 rings (SSSR count). The van der Waals surface area contributed by atoms with E-state index in [9.17, 15) is 0 Å². The van der Waals surface area contributed by atoms with Crippen molar-refractivity contribution in [2.45, 2.75) is 19.3 Å². The Kier molecular flexibility index (Phi) is 4.08. The standard InChI is InChI=1S/C13H18ClNO/c1-16-13-6-2-5-12(14)11(13)8-10-4-3-7-15-9-10/h2,5-6,10,15H,3-4,7-9H2,1H3. The summed E-state index contributed by atoms with van der Waals surface area (Å²) >= 11 is 6.23. The molecular weight excluding hydrogens is 222 g/mol. The predicted octanol–water partition coefficient (Wildman–Crippen LogP) is 2.89. The highest BCUT2D eigenvalue weighted by molar-refractivity contribution is 6.31. The van der Waals surface area contributed by atoms with Crippen molar-refractivity contribution in [3.05, 3.63) is 28.8 Å². The molecule has 1 atom stereocenters. The van der Waals surface area contributed by atoms with E-state index in [0.717, 1.165) is 35.8 Å². The molecule has 1 aromatic carbocycles. The molecule has 16 heavy (non-hydrogen) atoms. The van der Waals surface area contributed by atoms with Crippen LogP contribution in [0, 0.1) is 5.92 Å². The van der Waals surface area contributed by atoms with E-state index >= 15 is 0 Å². The predicted molar refractivity (Wildman–Crippen MR) is 67.3 cm³/mol. The Balaban J connectivity index is 2.12. The topological polar surface area (TPSA) is 21.3 Å². The van der Waals surface area contributed by atoms with Crippen LogP contribution >= 0.6 is 11.6 Å². The van der Waals surface area contributed by atoms with Crippen molar-refractivity contribution < 1.29 is 4.74 Å². The van der Waals surface area contributed by atoms with E-state index < -0.39 is 0 Å². The van der Waals surface area contributed by atoms with Crippen molar-refractivity contribution >= 4 is 11.6 Å². The lowest BCUT2D eigenvalue weighted by Crippen LogP contribution is -2.30. The zero-order chi connectivity index (χ0) is 11.4. The molecule has 1 aliphatic rings. The quantitative estimate of drug-likeness (QED) is 0.876. The molecule has 3 heteroatoms. The Morgan fingerprint density at radius 3 is 3.06 bits per heavy atom. The second kappa shape index (κ2) is 5.55. The van der Waals surface area contributed by atoms with Gasteiger partial charge in [0.15, 0.2) is 0 Å². The molecular formula is C13H18ClNO. The summed E-state index contributed by atoms with van der Waals surface area (Å²) in [7, 11) is 1.70. The number of ether oxygens (including phenoxy) is 1. The Hall–Kier alpha value is -0.730. The van der Waals surface area contributed by atoms with Crippen LogP contribution in [0.25, 0.3) is 0 Å². The summed E-state index contributed by atoms with van der Waals surface area (Å²) in [5.74, 6) is 1.60. The van der Waals surface area contributed by atoms with Gasteiger partial charge in [0.2, 0.25) is 0 Å². The molecule has 1 saturated heterocycles. The van der Waals surface area contributed by atoms with Crippen LogP contribution in [0.1, 0.15) is 18.4 Å². The third-order valence-corrected chi connectivity index (χ3v) is 3.54. The second-order valence-corrected chi connectivity index (χ2v) is 4.74. The number of benzene rings is 1. The summed E-state index contributed by atoms with van der Waals surface area (Å²) in [4.78, 5) is 0. The first-order valence-corrected chi connectivity index (χ1v) is 6.21. The molecule has 1 aromatic rings. The lowest BCUT2D eigenvalue weighted by atomic mass is 9.92. The maximum atomic E-state index is 6.23. The number of piperidine rings is 1. The number of halogens is 1. The molecule has 1 aliphatic heterocycles. The van der Waals surface area contributed by atoms with Crippen LogP contribution in [0.4, 0.5) is 0 Å². The highest BCUT2D eigenvalue weighted by Crippen LogP contribution is 2.30. The van der Waals surface area contributed by atoms with Crippen LogP contribution in [0.15, 0.2) is 18.2 Å². The minimum atomic E-state index is 0.683. The molecule has 0 bridgehead atoms. The lowest BCUT2D eigenvalue weighted by Gasteiger charge is -2.23. The molecule has 0 aliphatic carbocycles. The van der Waals surface area contributed by atoms with Crippen molar-refractivity contribution in [3.8, 4) is 5.75 Å². The normalized spacial score (nSPS) is 20.8. The number of hydrogen-bond donors (Lipinski definition) is 1. The van der Waals surface area contributed by atoms with Gasteiger partial charge in [-0.05, 0) is 50.4 Å². The fourth-order valence-corrected chi connectivity index (χ4v) is 2.56. The third-order valence-electron chi connectivity index (χ3n) is 3.19. The van der Waals surface area contributed by atoms with Crippen molar-refractivity contribution in [2.75, 3.05) is 20.2 Å².